The number of carbonyl (C=O) groups excluding carboxylic acids is 1. The van der Waals surface area contributed by atoms with Gasteiger partial charge in [-0.1, -0.05) is 47.5 Å². The van der Waals surface area contributed by atoms with Crippen LogP contribution in [-0.2, 0) is 4.79 Å². The lowest BCUT2D eigenvalue weighted by molar-refractivity contribution is -0.132. The Morgan fingerprint density at radius 1 is 1.19 bits per heavy atom. The molecule has 4 nitrogen and oxygen atoms in total. The number of para-hydroxylation sites is 1. The van der Waals surface area contributed by atoms with E-state index in [4.69, 9.17) is 27.9 Å². The van der Waals surface area contributed by atoms with E-state index in [-0.39, 0.29) is 12.5 Å². The summed E-state index contributed by atoms with van der Waals surface area (Å²) in [5, 5.41) is 2.17. The van der Waals surface area contributed by atoms with Gasteiger partial charge in [0.2, 0.25) is 0 Å². The first kappa shape index (κ1) is 18.0. The summed E-state index contributed by atoms with van der Waals surface area (Å²) >= 11 is 12.0. The number of nitrogens with one attached hydrogen (secondary N) is 1. The minimum Gasteiger partial charge on any atom is -0.482 e. The van der Waals surface area contributed by atoms with E-state index in [9.17, 15) is 4.79 Å². The zero-order valence-electron chi connectivity index (χ0n) is 14.5. The van der Waals surface area contributed by atoms with Crippen LogP contribution in [0.2, 0.25) is 10.0 Å². The van der Waals surface area contributed by atoms with Crippen LogP contribution >= 0.6 is 23.2 Å². The Morgan fingerprint density at radius 2 is 2.04 bits per heavy atom. The monoisotopic (exact) mass is 400 g/mol. The van der Waals surface area contributed by atoms with Gasteiger partial charge in [-0.25, -0.2) is 0 Å². The summed E-state index contributed by atoms with van der Waals surface area (Å²) < 4.78 is 5.56. The Balaban J connectivity index is 1.41. The molecular weight excluding hydrogens is 383 g/mol. The zero-order valence-corrected chi connectivity index (χ0v) is 16.1. The van der Waals surface area contributed by atoms with Gasteiger partial charge in [0.25, 0.3) is 5.91 Å². The number of fused-ring (bicyclic) bond motifs is 1. The van der Waals surface area contributed by atoms with Gasteiger partial charge in [0.15, 0.2) is 6.61 Å². The second-order valence-corrected chi connectivity index (χ2v) is 7.27. The standard InChI is InChI=1S/C21H18Cl2N2O2/c22-15-5-6-18(23)20(11-15)27-13-21(26)25-9-7-14(8-10-25)17-12-24-19-4-2-1-3-16(17)19/h1-7,11-12,24H,8-10,13H2. The number of H-pyrrole nitrogens is 1. The molecule has 1 amide bonds. The fraction of sp³-hybridized carbons (Fsp3) is 0.190. The van der Waals surface area contributed by atoms with Gasteiger partial charge in [0.05, 0.1) is 5.02 Å². The predicted molar refractivity (Wildman–Crippen MR) is 109 cm³/mol. The quantitative estimate of drug-likeness (QED) is 0.656. The number of nitrogens with zero attached hydrogens (tertiary/aromatic N) is 1. The maximum Gasteiger partial charge on any atom is 0.260 e. The van der Waals surface area contributed by atoms with E-state index in [2.05, 4.69) is 23.2 Å². The lowest BCUT2D eigenvalue weighted by Gasteiger charge is -2.26. The number of hydrogen-bond donors (Lipinski definition) is 1. The highest BCUT2D eigenvalue weighted by molar-refractivity contribution is 6.34. The van der Waals surface area contributed by atoms with Crippen LogP contribution in [0.4, 0.5) is 0 Å². The summed E-state index contributed by atoms with van der Waals surface area (Å²) in [6, 6.07) is 13.2. The summed E-state index contributed by atoms with van der Waals surface area (Å²) in [5.74, 6) is 0.352. The Hall–Kier alpha value is -2.43. The molecule has 4 rings (SSSR count). The van der Waals surface area contributed by atoms with Gasteiger partial charge in [-0.15, -0.1) is 0 Å². The zero-order chi connectivity index (χ0) is 18.8. The van der Waals surface area contributed by atoms with Gasteiger partial charge in [0, 0.05) is 46.8 Å². The Morgan fingerprint density at radius 3 is 2.85 bits per heavy atom. The van der Waals surface area contributed by atoms with Crippen LogP contribution < -0.4 is 4.74 Å². The number of carbonyl (C=O) groups is 1. The molecule has 1 aliphatic heterocycles. The molecule has 1 N–H and O–H groups in total. The second-order valence-electron chi connectivity index (χ2n) is 6.43. The first-order chi connectivity index (χ1) is 13.1. The summed E-state index contributed by atoms with van der Waals surface area (Å²) in [6.07, 6.45) is 4.97. The highest BCUT2D eigenvalue weighted by atomic mass is 35.5. The lowest BCUT2D eigenvalue weighted by atomic mass is 9.99. The molecule has 0 atom stereocenters. The third-order valence-corrected chi connectivity index (χ3v) is 5.29. The van der Waals surface area contributed by atoms with Crippen molar-refractivity contribution in [2.24, 2.45) is 0 Å². The average Bonchev–Trinajstić information content (AvgIpc) is 3.13. The number of amides is 1. The number of halogens is 2. The van der Waals surface area contributed by atoms with Gasteiger partial charge < -0.3 is 14.6 Å². The van der Waals surface area contributed by atoms with Crippen molar-refractivity contribution in [1.82, 2.24) is 9.88 Å². The van der Waals surface area contributed by atoms with Crippen LogP contribution in [0.15, 0.2) is 54.7 Å². The molecule has 0 unspecified atom stereocenters. The number of aromatic nitrogens is 1. The number of hydrogen-bond acceptors (Lipinski definition) is 2. The molecule has 0 saturated heterocycles. The highest BCUT2D eigenvalue weighted by Gasteiger charge is 2.20. The highest BCUT2D eigenvalue weighted by Crippen LogP contribution is 2.30. The maximum absolute atomic E-state index is 12.5. The molecule has 6 heteroatoms. The van der Waals surface area contributed by atoms with Gasteiger partial charge in [-0.3, -0.25) is 4.79 Å². The molecule has 2 aromatic carbocycles. The third-order valence-electron chi connectivity index (χ3n) is 4.74. The number of benzene rings is 2. The van der Waals surface area contributed by atoms with Crippen LogP contribution in [0.25, 0.3) is 16.5 Å². The van der Waals surface area contributed by atoms with E-state index in [0.29, 0.717) is 28.9 Å². The molecule has 0 fully saturated rings. The maximum atomic E-state index is 12.5. The van der Waals surface area contributed by atoms with Crippen LogP contribution in [-0.4, -0.2) is 35.5 Å². The van der Waals surface area contributed by atoms with Crippen LogP contribution in [0.1, 0.15) is 12.0 Å². The van der Waals surface area contributed by atoms with Crippen LogP contribution in [0, 0.1) is 0 Å². The fourth-order valence-electron chi connectivity index (χ4n) is 3.30. The molecule has 1 aromatic heterocycles. The van der Waals surface area contributed by atoms with Gasteiger partial charge in [0.1, 0.15) is 5.75 Å². The van der Waals surface area contributed by atoms with Gasteiger partial charge >= 0.3 is 0 Å². The first-order valence-corrected chi connectivity index (χ1v) is 9.48. The molecule has 1 aliphatic rings. The smallest absolute Gasteiger partial charge is 0.260 e. The summed E-state index contributed by atoms with van der Waals surface area (Å²) in [5.41, 5.74) is 3.59. The molecule has 0 aliphatic carbocycles. The molecule has 0 spiro atoms. The number of aromatic amines is 1. The van der Waals surface area contributed by atoms with E-state index in [0.717, 1.165) is 11.9 Å². The molecule has 138 valence electrons. The van der Waals surface area contributed by atoms with E-state index in [1.165, 1.54) is 16.5 Å². The second kappa shape index (κ2) is 7.67. The van der Waals surface area contributed by atoms with Crippen molar-refractivity contribution in [3.8, 4) is 5.75 Å². The van der Waals surface area contributed by atoms with E-state index >= 15 is 0 Å². The van der Waals surface area contributed by atoms with Crippen molar-refractivity contribution in [3.05, 3.63) is 70.3 Å². The number of ether oxygens (including phenoxy) is 1. The molecule has 2 heterocycles. The van der Waals surface area contributed by atoms with Gasteiger partial charge in [-0.2, -0.15) is 0 Å². The average molecular weight is 401 g/mol. The van der Waals surface area contributed by atoms with Crippen molar-refractivity contribution < 1.29 is 9.53 Å². The van der Waals surface area contributed by atoms with Crippen molar-refractivity contribution in [1.29, 1.82) is 0 Å². The molecule has 0 saturated carbocycles. The van der Waals surface area contributed by atoms with Crippen molar-refractivity contribution in [2.45, 2.75) is 6.42 Å². The lowest BCUT2D eigenvalue weighted by Crippen LogP contribution is -2.37. The first-order valence-electron chi connectivity index (χ1n) is 8.73. The van der Waals surface area contributed by atoms with E-state index in [1.807, 2.05) is 18.3 Å². The molecule has 3 aromatic rings. The van der Waals surface area contributed by atoms with E-state index in [1.54, 1.807) is 23.1 Å². The Kier molecular flexibility index (Phi) is 5.10. The SMILES string of the molecule is O=C(COc1cc(Cl)ccc1Cl)N1CC=C(c2c[nH]c3ccccc23)CC1. The largest absolute Gasteiger partial charge is 0.482 e. The van der Waals surface area contributed by atoms with Crippen molar-refractivity contribution in [2.75, 3.05) is 19.7 Å². The summed E-state index contributed by atoms with van der Waals surface area (Å²) in [6.45, 7) is 1.17. The summed E-state index contributed by atoms with van der Waals surface area (Å²) in [4.78, 5) is 17.6. The topological polar surface area (TPSA) is 45.3 Å². The summed E-state index contributed by atoms with van der Waals surface area (Å²) in [7, 11) is 0. The van der Waals surface area contributed by atoms with E-state index < -0.39 is 0 Å². The predicted octanol–water partition coefficient (Wildman–Crippen LogP) is 5.17. The Labute approximate surface area is 167 Å². The van der Waals surface area contributed by atoms with Crippen molar-refractivity contribution >= 4 is 45.6 Å². The minimum atomic E-state index is -0.0692. The van der Waals surface area contributed by atoms with Crippen LogP contribution in [0.5, 0.6) is 5.75 Å². The molecular formula is C21H18Cl2N2O2. The normalized spacial score (nSPS) is 14.3. The van der Waals surface area contributed by atoms with Crippen LogP contribution in [0.3, 0.4) is 0 Å². The molecule has 0 bridgehead atoms. The molecule has 27 heavy (non-hydrogen) atoms. The number of rotatable bonds is 4. The van der Waals surface area contributed by atoms with Gasteiger partial charge in [-0.05, 0) is 30.2 Å². The fourth-order valence-corrected chi connectivity index (χ4v) is 3.63. The van der Waals surface area contributed by atoms with Crippen molar-refractivity contribution in [3.63, 3.8) is 0 Å². The minimum absolute atomic E-state index is 0.0592. The Bertz CT molecular complexity index is 1030. The third kappa shape index (κ3) is 3.82. The molecule has 0 radical (unpaired) electrons.